The summed E-state index contributed by atoms with van der Waals surface area (Å²) >= 11 is 0. The van der Waals surface area contributed by atoms with Gasteiger partial charge < -0.3 is 9.72 Å². The van der Waals surface area contributed by atoms with Crippen LogP contribution in [0.2, 0.25) is 0 Å². The molecule has 0 saturated carbocycles. The smallest absolute Gasteiger partial charge is 0.127 e. The predicted molar refractivity (Wildman–Crippen MR) is 253 cm³/mol. The van der Waals surface area contributed by atoms with Gasteiger partial charge in [0.05, 0.1) is 0 Å². The van der Waals surface area contributed by atoms with Gasteiger partial charge in [0, 0.05) is 31.7 Å². The van der Waals surface area contributed by atoms with E-state index < -0.39 is 0 Å². The molecule has 8 rings (SSSR count). The molecule has 7 aromatic rings. The molecule has 2 unspecified atom stereocenters. The number of aromatic nitrogens is 1. The number of benzene rings is 6. The largest absolute Gasteiger partial charge is 0.457 e. The van der Waals surface area contributed by atoms with Crippen molar-refractivity contribution >= 4 is 0 Å². The van der Waals surface area contributed by atoms with Gasteiger partial charge in [0.25, 0.3) is 0 Å². The molecule has 3 heteroatoms. The van der Waals surface area contributed by atoms with Gasteiger partial charge in [0.1, 0.15) is 11.5 Å². The van der Waals surface area contributed by atoms with Gasteiger partial charge in [-0.2, -0.15) is 0 Å². The van der Waals surface area contributed by atoms with Crippen LogP contribution in [0.5, 0.6) is 11.5 Å². The quantitative estimate of drug-likeness (QED) is 0.0800. The fourth-order valence-corrected chi connectivity index (χ4v) is 9.75. The monoisotopic (exact) mass is 979 g/mol. The maximum atomic E-state index is 6.03. The molecule has 0 saturated heterocycles. The molecule has 1 radical (unpaired) electrons. The van der Waals surface area contributed by atoms with Crippen molar-refractivity contribution in [3.8, 4) is 67.3 Å². The van der Waals surface area contributed by atoms with E-state index in [1.165, 1.54) is 103 Å². The zero-order valence-electron chi connectivity index (χ0n) is 36.4. The van der Waals surface area contributed by atoms with E-state index in [0.29, 0.717) is 11.8 Å². The summed E-state index contributed by atoms with van der Waals surface area (Å²) in [5, 5.41) is 0. The van der Waals surface area contributed by atoms with E-state index in [1.54, 1.807) is 0 Å². The fourth-order valence-electron chi connectivity index (χ4n) is 9.75. The average molecular weight is 979 g/mol. The van der Waals surface area contributed by atoms with Crippen LogP contribution in [0.25, 0.3) is 55.8 Å². The number of para-hydroxylation sites is 1. The first-order valence-electron chi connectivity index (χ1n) is 22.7. The molecule has 0 aliphatic heterocycles. The van der Waals surface area contributed by atoms with Gasteiger partial charge in [-0.15, -0.1) is 29.3 Å². The first-order chi connectivity index (χ1) is 29.5. The van der Waals surface area contributed by atoms with Gasteiger partial charge >= 0.3 is 0 Å². The van der Waals surface area contributed by atoms with Crippen LogP contribution in [0.1, 0.15) is 103 Å². The number of pyridine rings is 1. The molecule has 0 N–H and O–H groups in total. The van der Waals surface area contributed by atoms with Gasteiger partial charge in [-0.25, -0.2) is 0 Å². The van der Waals surface area contributed by atoms with Crippen molar-refractivity contribution in [1.29, 1.82) is 0 Å². The fraction of sp³-hybridized carbons (Fsp3) is 0.293. The number of nitrogens with zero attached hydrogens (tertiary/aromatic N) is 1. The molecule has 1 aromatic heterocycles. The minimum atomic E-state index is -0.00344. The van der Waals surface area contributed by atoms with Crippen molar-refractivity contribution in [3.63, 3.8) is 0 Å². The second-order valence-electron chi connectivity index (χ2n) is 17.1. The summed E-state index contributed by atoms with van der Waals surface area (Å²) in [6.45, 7) is 9.49. The maximum Gasteiger partial charge on any atom is 0.127 e. The summed E-state index contributed by atoms with van der Waals surface area (Å²) in [5.41, 5.74) is 14.8. The normalized spacial score (nSPS) is 15.0. The Morgan fingerprint density at radius 3 is 1.67 bits per heavy atom. The summed E-state index contributed by atoms with van der Waals surface area (Å²) in [7, 11) is 0. The van der Waals surface area contributed by atoms with Crippen molar-refractivity contribution in [3.05, 3.63) is 175 Å². The number of unbranched alkanes of at least 4 members (excludes halogenated alkanes) is 2. The Morgan fingerprint density at radius 2 is 1.08 bits per heavy atom. The number of hydrogen-bond acceptors (Lipinski definition) is 2. The van der Waals surface area contributed by atoms with Crippen molar-refractivity contribution < 1.29 is 24.8 Å². The third-order valence-electron chi connectivity index (χ3n) is 13.2. The molecule has 0 spiro atoms. The zero-order valence-corrected chi connectivity index (χ0v) is 38.8. The molecule has 6 aromatic carbocycles. The van der Waals surface area contributed by atoms with Crippen molar-refractivity contribution in [2.24, 2.45) is 11.8 Å². The van der Waals surface area contributed by atoms with E-state index in [-0.39, 0.29) is 25.5 Å². The number of fused-ring (bicyclic) bond motifs is 3. The van der Waals surface area contributed by atoms with Crippen molar-refractivity contribution in [2.75, 3.05) is 0 Å². The molecule has 0 bridgehead atoms. The Kier molecular flexibility index (Phi) is 14.9. The van der Waals surface area contributed by atoms with Crippen LogP contribution in [0.3, 0.4) is 0 Å². The van der Waals surface area contributed by atoms with Crippen LogP contribution >= 0.6 is 0 Å². The second-order valence-corrected chi connectivity index (χ2v) is 17.1. The van der Waals surface area contributed by atoms with Crippen LogP contribution in [0.4, 0.5) is 0 Å². The van der Waals surface area contributed by atoms with E-state index >= 15 is 0 Å². The van der Waals surface area contributed by atoms with Gasteiger partial charge in [-0.3, -0.25) is 0 Å². The Bertz CT molecular complexity index is 2450. The summed E-state index contributed by atoms with van der Waals surface area (Å²) in [6, 6.07) is 58.1. The van der Waals surface area contributed by atoms with E-state index in [1.807, 2.05) is 48.7 Å². The van der Waals surface area contributed by atoms with E-state index in [4.69, 9.17) is 9.72 Å². The maximum absolute atomic E-state index is 6.03. The SMILES string of the molecule is CCCCC(CC)CC1(CC(CC)CCCC)c2ccccc2-c2c[c-]c(-c3ccc(-c4cccc(-c5cccc(-c6ccc(Oc7ccccc7)cc6)c5)c4)cn3)cc21.[Ir]. The van der Waals surface area contributed by atoms with Gasteiger partial charge in [0.15, 0.2) is 0 Å². The standard InChI is InChI=1S/C58H60NO.Ir/c1-5-9-18-42(7-3)39-58(40-43(8-4)19-10-6-2)55-27-15-14-26-53(55)54-34-30-49(38-56(54)58)57-35-31-50(41-59-57)48-23-17-22-47(37-48)46-21-16-20-45(36-46)44-28-32-52(33-29-44)60-51-24-12-11-13-25-51;/h11-17,20-29,31-38,41-43H,5-10,18-19,39-40H2,1-4H3;/q-1;. The molecule has 0 amide bonds. The third kappa shape index (κ3) is 9.86. The van der Waals surface area contributed by atoms with Crippen LogP contribution in [-0.2, 0) is 25.5 Å². The number of hydrogen-bond donors (Lipinski definition) is 0. The van der Waals surface area contributed by atoms with Crippen molar-refractivity contribution in [2.45, 2.75) is 97.3 Å². The first kappa shape index (κ1) is 44.0. The Labute approximate surface area is 379 Å². The van der Waals surface area contributed by atoms with E-state index in [9.17, 15) is 0 Å². The number of ether oxygens (including phenoxy) is 1. The molecule has 61 heavy (non-hydrogen) atoms. The summed E-state index contributed by atoms with van der Waals surface area (Å²) in [5.74, 6) is 3.06. The molecular formula is C58H60IrNO-. The Morgan fingerprint density at radius 1 is 0.525 bits per heavy atom. The Balaban J connectivity index is 0.00000561. The topological polar surface area (TPSA) is 22.1 Å². The summed E-state index contributed by atoms with van der Waals surface area (Å²) < 4.78 is 6.03. The van der Waals surface area contributed by atoms with Gasteiger partial charge in [-0.05, 0) is 106 Å². The third-order valence-corrected chi connectivity index (χ3v) is 13.2. The zero-order chi connectivity index (χ0) is 41.3. The van der Waals surface area contributed by atoms with E-state index in [0.717, 1.165) is 39.4 Å². The van der Waals surface area contributed by atoms with Gasteiger partial charge in [-0.1, -0.05) is 193 Å². The first-order valence-corrected chi connectivity index (χ1v) is 22.7. The molecule has 313 valence electrons. The number of rotatable bonds is 18. The van der Waals surface area contributed by atoms with Crippen molar-refractivity contribution in [1.82, 2.24) is 4.98 Å². The van der Waals surface area contributed by atoms with Crippen LogP contribution in [-0.4, -0.2) is 4.98 Å². The van der Waals surface area contributed by atoms with E-state index in [2.05, 4.69) is 143 Å². The predicted octanol–water partition coefficient (Wildman–Crippen LogP) is 16.8. The summed E-state index contributed by atoms with van der Waals surface area (Å²) in [4.78, 5) is 5.13. The average Bonchev–Trinajstić information content (AvgIpc) is 3.57. The molecule has 1 heterocycles. The molecule has 2 nitrogen and oxygen atoms in total. The minimum Gasteiger partial charge on any atom is -0.457 e. The Hall–Kier alpha value is -5.08. The second kappa shape index (κ2) is 20.7. The van der Waals surface area contributed by atoms with Crippen LogP contribution < -0.4 is 4.74 Å². The van der Waals surface area contributed by atoms with Gasteiger partial charge in [0.2, 0.25) is 0 Å². The van der Waals surface area contributed by atoms with Crippen LogP contribution in [0.15, 0.2) is 158 Å². The molecule has 2 atom stereocenters. The molecular weight excluding hydrogens is 919 g/mol. The molecule has 1 aliphatic carbocycles. The molecule has 0 fully saturated rings. The van der Waals surface area contributed by atoms with Crippen LogP contribution in [0, 0.1) is 17.9 Å². The molecule has 1 aliphatic rings. The summed E-state index contributed by atoms with van der Waals surface area (Å²) in [6.07, 6.45) is 14.6. The minimum absolute atomic E-state index is 0.